The predicted octanol–water partition coefficient (Wildman–Crippen LogP) is 3.67. The van der Waals surface area contributed by atoms with Crippen LogP contribution in [0.3, 0.4) is 0 Å². The van der Waals surface area contributed by atoms with Crippen molar-refractivity contribution in [2.24, 2.45) is 5.92 Å². The first-order valence-corrected chi connectivity index (χ1v) is 11.3. The van der Waals surface area contributed by atoms with E-state index in [1.165, 1.54) is 48.4 Å². The Morgan fingerprint density at radius 3 is 2.19 bits per heavy atom. The number of aromatic nitrogens is 1. The summed E-state index contributed by atoms with van der Waals surface area (Å²) in [5.74, 6) is -2.96. The number of hydrogen-bond donors (Lipinski definition) is 3. The molecule has 0 unspecified atom stereocenters. The zero-order valence-electron chi connectivity index (χ0n) is 19.7. The zero-order valence-corrected chi connectivity index (χ0v) is 19.7. The van der Waals surface area contributed by atoms with E-state index >= 15 is 0 Å². The van der Waals surface area contributed by atoms with Gasteiger partial charge in [0.2, 0.25) is 0 Å². The standard InChI is InChI=1S/C23H35N3.C2H2O4/c1-18(2)16-26-19(3)14-22(20(26)4)15-24-23-10-12-25(13-11-23)17-21-8-6-5-7-9-21;3-1(4)2(5)6/h5-9,14,18,23-24H,10-13,15-17H2,1-4H3;(H,3,4)(H,5,6). The van der Waals surface area contributed by atoms with Crippen LogP contribution in [0.1, 0.15) is 49.2 Å². The Labute approximate surface area is 191 Å². The van der Waals surface area contributed by atoms with Gasteiger partial charge in [-0.2, -0.15) is 0 Å². The molecule has 7 nitrogen and oxygen atoms in total. The highest BCUT2D eigenvalue weighted by Crippen LogP contribution is 2.19. The summed E-state index contributed by atoms with van der Waals surface area (Å²) in [6.07, 6.45) is 2.50. The van der Waals surface area contributed by atoms with Crippen molar-refractivity contribution in [2.75, 3.05) is 13.1 Å². The molecule has 0 aliphatic carbocycles. The quantitative estimate of drug-likeness (QED) is 0.565. The lowest BCUT2D eigenvalue weighted by Gasteiger charge is -2.32. The Hall–Kier alpha value is -2.64. The maximum absolute atomic E-state index is 9.10. The first kappa shape index (κ1) is 25.6. The highest BCUT2D eigenvalue weighted by atomic mass is 16.4. The summed E-state index contributed by atoms with van der Waals surface area (Å²) in [5, 5.41) is 18.6. The van der Waals surface area contributed by atoms with Crippen molar-refractivity contribution in [3.8, 4) is 0 Å². The van der Waals surface area contributed by atoms with Gasteiger partial charge >= 0.3 is 11.9 Å². The minimum Gasteiger partial charge on any atom is -0.473 e. The second-order valence-corrected chi connectivity index (χ2v) is 8.93. The lowest BCUT2D eigenvalue weighted by molar-refractivity contribution is -0.159. The number of likely N-dealkylation sites (tertiary alicyclic amines) is 1. The van der Waals surface area contributed by atoms with Crippen LogP contribution in [0.4, 0.5) is 0 Å². The van der Waals surface area contributed by atoms with Crippen LogP contribution in [0.5, 0.6) is 0 Å². The Bertz CT molecular complexity index is 857. The SMILES string of the molecule is Cc1cc(CNC2CCN(Cc3ccccc3)CC2)c(C)n1CC(C)C.O=C(O)C(=O)O. The number of aliphatic carboxylic acids is 2. The Morgan fingerprint density at radius 1 is 1.06 bits per heavy atom. The molecule has 2 aromatic rings. The fraction of sp³-hybridized carbons (Fsp3) is 0.520. The van der Waals surface area contributed by atoms with Gasteiger partial charge in [-0.1, -0.05) is 44.2 Å². The van der Waals surface area contributed by atoms with Crippen molar-refractivity contribution in [3.63, 3.8) is 0 Å². The van der Waals surface area contributed by atoms with Gasteiger partial charge in [0.05, 0.1) is 0 Å². The number of carboxylic acids is 2. The summed E-state index contributed by atoms with van der Waals surface area (Å²) in [7, 11) is 0. The van der Waals surface area contributed by atoms with Gasteiger partial charge in [0, 0.05) is 37.1 Å². The monoisotopic (exact) mass is 443 g/mol. The molecule has 0 saturated carbocycles. The molecule has 1 aliphatic rings. The van der Waals surface area contributed by atoms with E-state index in [9.17, 15) is 0 Å². The summed E-state index contributed by atoms with van der Waals surface area (Å²) in [4.78, 5) is 20.8. The van der Waals surface area contributed by atoms with E-state index in [1.807, 2.05) is 0 Å². The smallest absolute Gasteiger partial charge is 0.414 e. The van der Waals surface area contributed by atoms with E-state index in [0.29, 0.717) is 12.0 Å². The number of rotatable bonds is 7. The van der Waals surface area contributed by atoms with Gasteiger partial charge in [-0.05, 0) is 62.9 Å². The Morgan fingerprint density at radius 2 is 1.66 bits per heavy atom. The minimum absolute atomic E-state index is 0.648. The number of piperidine rings is 1. The zero-order chi connectivity index (χ0) is 23.7. The number of aryl methyl sites for hydroxylation is 1. The predicted molar refractivity (Wildman–Crippen MR) is 126 cm³/mol. The van der Waals surface area contributed by atoms with Crippen LogP contribution in [-0.4, -0.2) is 50.8 Å². The van der Waals surface area contributed by atoms with Crippen LogP contribution in [0.25, 0.3) is 0 Å². The summed E-state index contributed by atoms with van der Waals surface area (Å²) >= 11 is 0. The molecular weight excluding hydrogens is 406 g/mol. The van der Waals surface area contributed by atoms with Gasteiger partial charge in [-0.3, -0.25) is 4.90 Å². The first-order valence-electron chi connectivity index (χ1n) is 11.3. The highest BCUT2D eigenvalue weighted by molar-refractivity contribution is 6.27. The third kappa shape index (κ3) is 8.13. The number of nitrogens with one attached hydrogen (secondary N) is 1. The number of carbonyl (C=O) groups is 2. The van der Waals surface area contributed by atoms with E-state index in [2.05, 4.69) is 78.9 Å². The fourth-order valence-corrected chi connectivity index (χ4v) is 4.09. The van der Waals surface area contributed by atoms with Crippen molar-refractivity contribution in [1.82, 2.24) is 14.8 Å². The molecule has 1 aromatic heterocycles. The van der Waals surface area contributed by atoms with Crippen LogP contribution in [-0.2, 0) is 29.2 Å². The molecule has 0 spiro atoms. The summed E-state index contributed by atoms with van der Waals surface area (Å²) in [6, 6.07) is 13.9. The largest absolute Gasteiger partial charge is 0.473 e. The van der Waals surface area contributed by atoms with E-state index in [-0.39, 0.29) is 0 Å². The lowest BCUT2D eigenvalue weighted by atomic mass is 10.0. The van der Waals surface area contributed by atoms with E-state index in [4.69, 9.17) is 19.8 Å². The molecule has 0 radical (unpaired) electrons. The second kappa shape index (κ2) is 12.4. The molecule has 0 atom stereocenters. The van der Waals surface area contributed by atoms with Gasteiger partial charge in [0.15, 0.2) is 0 Å². The normalized spacial score (nSPS) is 14.8. The molecule has 1 fully saturated rings. The second-order valence-electron chi connectivity index (χ2n) is 8.93. The van der Waals surface area contributed by atoms with Gasteiger partial charge in [0.1, 0.15) is 0 Å². The number of hydrogen-bond acceptors (Lipinski definition) is 4. The van der Waals surface area contributed by atoms with Crippen molar-refractivity contribution >= 4 is 11.9 Å². The van der Waals surface area contributed by atoms with Crippen LogP contribution in [0, 0.1) is 19.8 Å². The molecule has 2 heterocycles. The van der Waals surface area contributed by atoms with E-state index in [1.54, 1.807) is 0 Å². The number of carboxylic acid groups (broad SMARTS) is 2. The molecule has 32 heavy (non-hydrogen) atoms. The lowest BCUT2D eigenvalue weighted by Crippen LogP contribution is -2.41. The van der Waals surface area contributed by atoms with Crippen molar-refractivity contribution < 1.29 is 19.8 Å². The Kier molecular flexibility index (Phi) is 9.94. The van der Waals surface area contributed by atoms with Crippen LogP contribution < -0.4 is 5.32 Å². The van der Waals surface area contributed by atoms with Gasteiger partial charge in [0.25, 0.3) is 0 Å². The van der Waals surface area contributed by atoms with Crippen LogP contribution in [0.15, 0.2) is 36.4 Å². The van der Waals surface area contributed by atoms with Crippen LogP contribution >= 0.6 is 0 Å². The van der Waals surface area contributed by atoms with Gasteiger partial charge in [-0.15, -0.1) is 0 Å². The van der Waals surface area contributed by atoms with Gasteiger partial charge < -0.3 is 20.1 Å². The fourth-order valence-electron chi connectivity index (χ4n) is 4.09. The summed E-state index contributed by atoms with van der Waals surface area (Å²) in [5.41, 5.74) is 5.72. The molecule has 3 N–H and O–H groups in total. The molecule has 176 valence electrons. The topological polar surface area (TPSA) is 94.8 Å². The average molecular weight is 444 g/mol. The summed E-state index contributed by atoms with van der Waals surface area (Å²) < 4.78 is 2.48. The highest BCUT2D eigenvalue weighted by Gasteiger charge is 2.19. The molecule has 0 amide bonds. The molecule has 1 aliphatic heterocycles. The molecule has 1 saturated heterocycles. The number of benzene rings is 1. The molecule has 1 aromatic carbocycles. The maximum Gasteiger partial charge on any atom is 0.414 e. The third-order valence-corrected chi connectivity index (χ3v) is 5.83. The third-order valence-electron chi connectivity index (χ3n) is 5.83. The molecule has 0 bridgehead atoms. The Balaban J connectivity index is 0.000000534. The van der Waals surface area contributed by atoms with Gasteiger partial charge in [-0.25, -0.2) is 9.59 Å². The van der Waals surface area contributed by atoms with E-state index < -0.39 is 11.9 Å². The van der Waals surface area contributed by atoms with E-state index in [0.717, 1.165) is 19.6 Å². The molecule has 3 rings (SSSR count). The summed E-state index contributed by atoms with van der Waals surface area (Å²) in [6.45, 7) is 14.7. The van der Waals surface area contributed by atoms with Crippen molar-refractivity contribution in [1.29, 1.82) is 0 Å². The average Bonchev–Trinajstić information content (AvgIpc) is 3.01. The van der Waals surface area contributed by atoms with Crippen LogP contribution in [0.2, 0.25) is 0 Å². The first-order chi connectivity index (χ1) is 15.2. The molecule has 7 heteroatoms. The molecular formula is C25H37N3O4. The van der Waals surface area contributed by atoms with Crippen molar-refractivity contribution in [3.05, 3.63) is 58.9 Å². The van der Waals surface area contributed by atoms with Crippen molar-refractivity contribution in [2.45, 2.75) is 66.2 Å². The number of nitrogens with zero attached hydrogens (tertiary/aromatic N) is 2. The minimum atomic E-state index is -1.82. The maximum atomic E-state index is 9.10.